The van der Waals surface area contributed by atoms with Crippen LogP contribution >= 0.6 is 27.7 Å². The standard InChI is InChI=1S/C18H20BrNO2S/c19-15-5-9-17(10-6-15)23-13-11-18(22)20-12-1-2-14-3-7-16(21)8-4-14/h3-10,21H,1-2,11-13H2,(H,20,22). The first-order chi connectivity index (χ1) is 11.1. The Morgan fingerprint density at radius 3 is 2.48 bits per heavy atom. The van der Waals surface area contributed by atoms with Crippen LogP contribution in [-0.4, -0.2) is 23.3 Å². The number of phenols is 1. The van der Waals surface area contributed by atoms with Gasteiger partial charge in [0.25, 0.3) is 0 Å². The van der Waals surface area contributed by atoms with Crippen molar-refractivity contribution in [2.75, 3.05) is 12.3 Å². The van der Waals surface area contributed by atoms with Gasteiger partial charge >= 0.3 is 0 Å². The van der Waals surface area contributed by atoms with Crippen molar-refractivity contribution in [1.29, 1.82) is 0 Å². The van der Waals surface area contributed by atoms with E-state index in [0.717, 1.165) is 23.1 Å². The van der Waals surface area contributed by atoms with E-state index in [1.165, 1.54) is 10.5 Å². The summed E-state index contributed by atoms with van der Waals surface area (Å²) in [5.41, 5.74) is 1.17. The fraction of sp³-hybridized carbons (Fsp3) is 0.278. The van der Waals surface area contributed by atoms with Crippen LogP contribution in [0.3, 0.4) is 0 Å². The first-order valence-corrected chi connectivity index (χ1v) is 9.34. The molecule has 0 aliphatic heterocycles. The van der Waals surface area contributed by atoms with Gasteiger partial charge in [-0.15, -0.1) is 11.8 Å². The van der Waals surface area contributed by atoms with Crippen molar-refractivity contribution in [1.82, 2.24) is 5.32 Å². The lowest BCUT2D eigenvalue weighted by atomic mass is 10.1. The highest BCUT2D eigenvalue weighted by Gasteiger charge is 2.02. The molecule has 0 bridgehead atoms. The summed E-state index contributed by atoms with van der Waals surface area (Å²) in [6.45, 7) is 0.683. The molecule has 0 saturated carbocycles. The van der Waals surface area contributed by atoms with E-state index in [9.17, 15) is 9.90 Å². The van der Waals surface area contributed by atoms with Crippen LogP contribution in [0.5, 0.6) is 5.75 Å². The molecule has 0 heterocycles. The van der Waals surface area contributed by atoms with Crippen LogP contribution in [0.4, 0.5) is 0 Å². The maximum Gasteiger partial charge on any atom is 0.220 e. The molecule has 0 aromatic heterocycles. The number of benzene rings is 2. The third-order valence-corrected chi connectivity index (χ3v) is 4.85. The normalized spacial score (nSPS) is 10.5. The van der Waals surface area contributed by atoms with Crippen molar-refractivity contribution in [3.05, 3.63) is 58.6 Å². The van der Waals surface area contributed by atoms with E-state index in [2.05, 4.69) is 21.2 Å². The lowest BCUT2D eigenvalue weighted by molar-refractivity contribution is -0.120. The number of hydrogen-bond donors (Lipinski definition) is 2. The minimum Gasteiger partial charge on any atom is -0.508 e. The summed E-state index contributed by atoms with van der Waals surface area (Å²) in [6.07, 6.45) is 2.32. The average molecular weight is 394 g/mol. The van der Waals surface area contributed by atoms with Gasteiger partial charge in [-0.25, -0.2) is 0 Å². The van der Waals surface area contributed by atoms with Gasteiger partial charge < -0.3 is 10.4 Å². The van der Waals surface area contributed by atoms with Gasteiger partial charge in [0.05, 0.1) is 0 Å². The van der Waals surface area contributed by atoms with E-state index in [1.807, 2.05) is 36.4 Å². The predicted molar refractivity (Wildman–Crippen MR) is 98.9 cm³/mol. The fourth-order valence-electron chi connectivity index (χ4n) is 2.06. The number of thioether (sulfide) groups is 1. The number of aromatic hydroxyl groups is 1. The molecule has 122 valence electrons. The Kier molecular flexibility index (Phi) is 7.49. The van der Waals surface area contributed by atoms with E-state index >= 15 is 0 Å². The Morgan fingerprint density at radius 1 is 1.09 bits per heavy atom. The van der Waals surface area contributed by atoms with Crippen molar-refractivity contribution in [3.63, 3.8) is 0 Å². The molecule has 2 aromatic rings. The summed E-state index contributed by atoms with van der Waals surface area (Å²) in [5, 5.41) is 12.2. The van der Waals surface area contributed by atoms with Gasteiger partial charge in [-0.1, -0.05) is 28.1 Å². The third kappa shape index (κ3) is 7.10. The Morgan fingerprint density at radius 2 is 1.78 bits per heavy atom. The molecule has 2 rings (SSSR count). The van der Waals surface area contributed by atoms with Crippen molar-refractivity contribution in [2.24, 2.45) is 0 Å². The number of aryl methyl sites for hydroxylation is 1. The average Bonchev–Trinajstić information content (AvgIpc) is 2.55. The van der Waals surface area contributed by atoms with Crippen LogP contribution in [0.2, 0.25) is 0 Å². The largest absolute Gasteiger partial charge is 0.508 e. The molecule has 23 heavy (non-hydrogen) atoms. The molecule has 0 spiro atoms. The molecule has 0 saturated heterocycles. The molecule has 0 aliphatic carbocycles. The SMILES string of the molecule is O=C(CCSc1ccc(Br)cc1)NCCCc1ccc(O)cc1. The van der Waals surface area contributed by atoms with Gasteiger partial charge in [-0.3, -0.25) is 4.79 Å². The van der Waals surface area contributed by atoms with Crippen LogP contribution in [0.25, 0.3) is 0 Å². The summed E-state index contributed by atoms with van der Waals surface area (Å²) in [4.78, 5) is 13.0. The van der Waals surface area contributed by atoms with E-state index < -0.39 is 0 Å². The van der Waals surface area contributed by atoms with Gasteiger partial charge in [-0.05, 0) is 54.8 Å². The Hall–Kier alpha value is -1.46. The maximum absolute atomic E-state index is 11.8. The summed E-state index contributed by atoms with van der Waals surface area (Å²) in [5.74, 6) is 1.16. The van der Waals surface area contributed by atoms with Crippen molar-refractivity contribution in [3.8, 4) is 5.75 Å². The molecule has 0 radical (unpaired) electrons. The zero-order chi connectivity index (χ0) is 16.5. The van der Waals surface area contributed by atoms with Crippen molar-refractivity contribution < 1.29 is 9.90 Å². The minimum absolute atomic E-state index is 0.0975. The summed E-state index contributed by atoms with van der Waals surface area (Å²) >= 11 is 5.10. The number of amides is 1. The van der Waals surface area contributed by atoms with Crippen LogP contribution in [0.1, 0.15) is 18.4 Å². The Labute approximate surface area is 149 Å². The molecule has 3 nitrogen and oxygen atoms in total. The van der Waals surface area contributed by atoms with Crippen LogP contribution in [-0.2, 0) is 11.2 Å². The van der Waals surface area contributed by atoms with Crippen LogP contribution in [0, 0.1) is 0 Å². The van der Waals surface area contributed by atoms with E-state index in [-0.39, 0.29) is 11.7 Å². The highest BCUT2D eigenvalue weighted by Crippen LogP contribution is 2.21. The summed E-state index contributed by atoms with van der Waals surface area (Å²) in [6, 6.07) is 15.3. The van der Waals surface area contributed by atoms with Gasteiger partial charge in [0.1, 0.15) is 5.75 Å². The van der Waals surface area contributed by atoms with Gasteiger partial charge in [0.15, 0.2) is 0 Å². The van der Waals surface area contributed by atoms with Gasteiger partial charge in [0, 0.05) is 28.1 Å². The third-order valence-electron chi connectivity index (χ3n) is 3.31. The second-order valence-electron chi connectivity index (χ2n) is 5.17. The molecule has 2 N–H and O–H groups in total. The van der Waals surface area contributed by atoms with Crippen molar-refractivity contribution >= 4 is 33.6 Å². The van der Waals surface area contributed by atoms with Gasteiger partial charge in [0.2, 0.25) is 5.91 Å². The number of halogens is 1. The fourth-order valence-corrected chi connectivity index (χ4v) is 3.18. The molecule has 1 amide bonds. The van der Waals surface area contributed by atoms with E-state index in [0.29, 0.717) is 13.0 Å². The second kappa shape index (κ2) is 9.63. The van der Waals surface area contributed by atoms with Gasteiger partial charge in [-0.2, -0.15) is 0 Å². The molecular weight excluding hydrogens is 374 g/mol. The smallest absolute Gasteiger partial charge is 0.220 e. The minimum atomic E-state index is 0.0975. The Balaban J connectivity index is 1.56. The first-order valence-electron chi connectivity index (χ1n) is 7.56. The van der Waals surface area contributed by atoms with E-state index in [4.69, 9.17) is 0 Å². The number of hydrogen-bond acceptors (Lipinski definition) is 3. The highest BCUT2D eigenvalue weighted by molar-refractivity contribution is 9.10. The number of phenolic OH excluding ortho intramolecular Hbond substituents is 1. The van der Waals surface area contributed by atoms with Crippen LogP contribution in [0.15, 0.2) is 57.9 Å². The molecule has 0 fully saturated rings. The highest BCUT2D eigenvalue weighted by atomic mass is 79.9. The molecule has 5 heteroatoms. The molecular formula is C18H20BrNO2S. The predicted octanol–water partition coefficient (Wildman–Crippen LogP) is 4.39. The summed E-state index contributed by atoms with van der Waals surface area (Å²) < 4.78 is 1.06. The molecule has 2 aromatic carbocycles. The maximum atomic E-state index is 11.8. The summed E-state index contributed by atoms with van der Waals surface area (Å²) in [7, 11) is 0. The number of nitrogens with one attached hydrogen (secondary N) is 1. The lowest BCUT2D eigenvalue weighted by Crippen LogP contribution is -2.24. The lowest BCUT2D eigenvalue weighted by Gasteiger charge is -2.06. The van der Waals surface area contributed by atoms with Crippen LogP contribution < -0.4 is 5.32 Å². The molecule has 0 aliphatic rings. The zero-order valence-electron chi connectivity index (χ0n) is 12.8. The number of carbonyl (C=O) groups is 1. The monoisotopic (exact) mass is 393 g/mol. The number of rotatable bonds is 8. The molecule has 0 unspecified atom stereocenters. The molecule has 0 atom stereocenters. The van der Waals surface area contributed by atoms with Crippen molar-refractivity contribution in [2.45, 2.75) is 24.2 Å². The van der Waals surface area contributed by atoms with E-state index in [1.54, 1.807) is 23.9 Å². The number of carbonyl (C=O) groups excluding carboxylic acids is 1. The zero-order valence-corrected chi connectivity index (χ0v) is 15.2. The first kappa shape index (κ1) is 17.9. The topological polar surface area (TPSA) is 49.3 Å². The second-order valence-corrected chi connectivity index (χ2v) is 7.26. The quantitative estimate of drug-likeness (QED) is 0.516. The Bertz CT molecular complexity index is 614.